The molecule has 0 aromatic carbocycles. The second-order valence-corrected chi connectivity index (χ2v) is 6.19. The average Bonchev–Trinajstić information content (AvgIpc) is 2.45. The molecule has 0 bridgehead atoms. The Morgan fingerprint density at radius 3 is 2.71 bits per heavy atom. The van der Waals surface area contributed by atoms with Crippen LogP contribution >= 0.6 is 11.3 Å². The van der Waals surface area contributed by atoms with Crippen molar-refractivity contribution in [3.05, 3.63) is 27.5 Å². The van der Waals surface area contributed by atoms with Crippen LogP contribution in [0.3, 0.4) is 0 Å². The Morgan fingerprint density at radius 1 is 1.36 bits per heavy atom. The first kappa shape index (κ1) is 9.97. The van der Waals surface area contributed by atoms with Crippen molar-refractivity contribution in [2.24, 2.45) is 5.92 Å². The maximum atomic E-state index is 2.34. The van der Waals surface area contributed by atoms with E-state index >= 15 is 0 Å². The van der Waals surface area contributed by atoms with Crippen LogP contribution in [0.5, 0.6) is 0 Å². The van der Waals surface area contributed by atoms with Gasteiger partial charge in [0.15, 0.2) is 0 Å². The van der Waals surface area contributed by atoms with Crippen LogP contribution in [0.25, 0.3) is 6.08 Å². The van der Waals surface area contributed by atoms with E-state index in [4.69, 9.17) is 0 Å². The van der Waals surface area contributed by atoms with Gasteiger partial charge in [0.05, 0.1) is 0 Å². The summed E-state index contributed by atoms with van der Waals surface area (Å²) in [4.78, 5) is 1.48. The van der Waals surface area contributed by atoms with Crippen molar-refractivity contribution in [1.29, 1.82) is 0 Å². The molecule has 1 heteroatoms. The first-order valence-electron chi connectivity index (χ1n) is 5.27. The topological polar surface area (TPSA) is 0 Å². The van der Waals surface area contributed by atoms with Crippen LogP contribution in [0.15, 0.2) is 11.5 Å². The van der Waals surface area contributed by atoms with Gasteiger partial charge in [0, 0.05) is 4.88 Å². The maximum Gasteiger partial charge on any atom is 0.0302 e. The molecule has 0 saturated carbocycles. The molecule has 0 nitrogen and oxygen atoms in total. The molecule has 0 spiro atoms. The van der Waals surface area contributed by atoms with Crippen LogP contribution in [0.2, 0.25) is 0 Å². The fourth-order valence-electron chi connectivity index (χ4n) is 2.02. The molecule has 1 atom stereocenters. The van der Waals surface area contributed by atoms with Gasteiger partial charge in [-0.05, 0) is 40.3 Å². The molecule has 14 heavy (non-hydrogen) atoms. The van der Waals surface area contributed by atoms with Gasteiger partial charge in [0.2, 0.25) is 0 Å². The molecule has 0 fully saturated rings. The minimum Gasteiger partial charge on any atom is -0.144 e. The van der Waals surface area contributed by atoms with E-state index in [1.165, 1.54) is 11.3 Å². The van der Waals surface area contributed by atoms with Crippen LogP contribution in [0.4, 0.5) is 0 Å². The van der Waals surface area contributed by atoms with E-state index in [0.29, 0.717) is 11.3 Å². The molecular weight excluding hydrogens is 188 g/mol. The second-order valence-electron chi connectivity index (χ2n) is 5.28. The number of rotatable bonds is 0. The predicted molar refractivity (Wildman–Crippen MR) is 64.9 cm³/mol. The summed E-state index contributed by atoms with van der Waals surface area (Å²) in [6.45, 7) is 9.21. The molecule has 76 valence electrons. The Kier molecular flexibility index (Phi) is 2.30. The highest BCUT2D eigenvalue weighted by Gasteiger charge is 2.23. The highest BCUT2D eigenvalue weighted by Crippen LogP contribution is 2.37. The van der Waals surface area contributed by atoms with Gasteiger partial charge < -0.3 is 0 Å². The Bertz CT molecular complexity index is 363. The summed E-state index contributed by atoms with van der Waals surface area (Å²) in [7, 11) is 0. The van der Waals surface area contributed by atoms with Crippen molar-refractivity contribution in [2.45, 2.75) is 39.5 Å². The number of fused-ring (bicyclic) bond motifs is 1. The summed E-state index contributed by atoms with van der Waals surface area (Å²) in [6, 6.07) is 0. The lowest BCUT2D eigenvalue weighted by molar-refractivity contribution is 0.577. The lowest BCUT2D eigenvalue weighted by Crippen LogP contribution is -2.14. The van der Waals surface area contributed by atoms with Gasteiger partial charge in [-0.25, -0.2) is 0 Å². The molecule has 1 unspecified atom stereocenters. The van der Waals surface area contributed by atoms with Gasteiger partial charge in [-0.2, -0.15) is 0 Å². The Morgan fingerprint density at radius 2 is 2.07 bits per heavy atom. The molecule has 0 radical (unpaired) electrons. The van der Waals surface area contributed by atoms with E-state index in [1.807, 2.05) is 11.3 Å². The third kappa shape index (κ3) is 1.66. The molecule has 0 N–H and O–H groups in total. The maximum absolute atomic E-state index is 2.34. The van der Waals surface area contributed by atoms with Gasteiger partial charge in [0.25, 0.3) is 0 Å². The van der Waals surface area contributed by atoms with E-state index in [0.717, 1.165) is 0 Å². The molecule has 2 rings (SSSR count). The Balaban J connectivity index is 2.47. The first-order valence-corrected chi connectivity index (χ1v) is 6.15. The zero-order valence-electron chi connectivity index (χ0n) is 9.42. The predicted octanol–water partition coefficient (Wildman–Crippen LogP) is 4.25. The molecule has 1 aromatic heterocycles. The van der Waals surface area contributed by atoms with Crippen molar-refractivity contribution < 1.29 is 0 Å². The van der Waals surface area contributed by atoms with Gasteiger partial charge >= 0.3 is 0 Å². The summed E-state index contributed by atoms with van der Waals surface area (Å²) >= 11 is 1.89. The molecule has 0 saturated heterocycles. The summed E-state index contributed by atoms with van der Waals surface area (Å²) in [6.07, 6.45) is 5.84. The minimum atomic E-state index is 0.301. The van der Waals surface area contributed by atoms with Gasteiger partial charge in [0.1, 0.15) is 0 Å². The van der Waals surface area contributed by atoms with Gasteiger partial charge in [-0.15, -0.1) is 11.3 Å². The third-order valence-electron chi connectivity index (χ3n) is 2.84. The van der Waals surface area contributed by atoms with Crippen LogP contribution < -0.4 is 0 Å². The standard InChI is InChI=1S/C13H18S/c1-9-5-6-12-10(7-9)11(8-14-12)13(2,3)4/h5-6,8-9H,7H2,1-4H3. The SMILES string of the molecule is CC1C=Cc2scc(C(C)(C)C)c2C1. The van der Waals surface area contributed by atoms with E-state index < -0.39 is 0 Å². The zero-order valence-corrected chi connectivity index (χ0v) is 10.2. The van der Waals surface area contributed by atoms with Crippen molar-refractivity contribution in [3.63, 3.8) is 0 Å². The normalized spacial score (nSPS) is 21.0. The van der Waals surface area contributed by atoms with E-state index in [1.54, 1.807) is 11.1 Å². The second kappa shape index (κ2) is 3.23. The zero-order chi connectivity index (χ0) is 10.3. The summed E-state index contributed by atoms with van der Waals surface area (Å²) in [5.41, 5.74) is 3.45. The van der Waals surface area contributed by atoms with Crippen LogP contribution in [-0.4, -0.2) is 0 Å². The summed E-state index contributed by atoms with van der Waals surface area (Å²) in [5.74, 6) is 0.707. The number of hydrogen-bond donors (Lipinski definition) is 0. The molecule has 0 aliphatic heterocycles. The van der Waals surface area contributed by atoms with Gasteiger partial charge in [-0.1, -0.05) is 33.8 Å². The highest BCUT2D eigenvalue weighted by molar-refractivity contribution is 7.11. The molecule has 1 aliphatic carbocycles. The number of allylic oxidation sites excluding steroid dienone is 1. The highest BCUT2D eigenvalue weighted by atomic mass is 32.1. The fourth-order valence-corrected chi connectivity index (χ4v) is 3.25. The van der Waals surface area contributed by atoms with Crippen LogP contribution in [0.1, 0.15) is 43.7 Å². The molecule has 0 amide bonds. The Hall–Kier alpha value is -0.560. The largest absolute Gasteiger partial charge is 0.144 e. The molecular formula is C13H18S. The lowest BCUT2D eigenvalue weighted by Gasteiger charge is -2.22. The first-order chi connectivity index (χ1) is 6.48. The summed E-state index contributed by atoms with van der Waals surface area (Å²) < 4.78 is 0. The quantitative estimate of drug-likeness (QED) is 0.595. The van der Waals surface area contributed by atoms with Crippen molar-refractivity contribution in [3.8, 4) is 0 Å². The number of hydrogen-bond acceptors (Lipinski definition) is 1. The van der Waals surface area contributed by atoms with Gasteiger partial charge in [-0.3, -0.25) is 0 Å². The minimum absolute atomic E-state index is 0.301. The third-order valence-corrected chi connectivity index (χ3v) is 3.83. The summed E-state index contributed by atoms with van der Waals surface area (Å²) in [5, 5.41) is 2.34. The smallest absolute Gasteiger partial charge is 0.0302 e. The monoisotopic (exact) mass is 206 g/mol. The van der Waals surface area contributed by atoms with E-state index in [2.05, 4.69) is 45.2 Å². The Labute approximate surface area is 90.7 Å². The van der Waals surface area contributed by atoms with Crippen molar-refractivity contribution >= 4 is 17.4 Å². The molecule has 1 aromatic rings. The molecule has 1 heterocycles. The van der Waals surface area contributed by atoms with Crippen molar-refractivity contribution in [2.75, 3.05) is 0 Å². The lowest BCUT2D eigenvalue weighted by atomic mass is 9.82. The van der Waals surface area contributed by atoms with Crippen LogP contribution in [0, 0.1) is 5.92 Å². The van der Waals surface area contributed by atoms with Crippen LogP contribution in [-0.2, 0) is 11.8 Å². The van der Waals surface area contributed by atoms with Crippen molar-refractivity contribution in [1.82, 2.24) is 0 Å². The fraction of sp³-hybridized carbons (Fsp3) is 0.538. The average molecular weight is 206 g/mol. The molecule has 1 aliphatic rings. The van der Waals surface area contributed by atoms with E-state index in [-0.39, 0.29) is 0 Å². The van der Waals surface area contributed by atoms with E-state index in [9.17, 15) is 0 Å². The number of thiophene rings is 1.